The summed E-state index contributed by atoms with van der Waals surface area (Å²) in [6.07, 6.45) is 3.06. The van der Waals surface area contributed by atoms with Gasteiger partial charge in [0, 0.05) is 35.2 Å². The number of rotatable bonds is 6. The molecule has 9 heteroatoms. The molecule has 0 aliphatic carbocycles. The van der Waals surface area contributed by atoms with Crippen molar-refractivity contribution in [3.63, 3.8) is 0 Å². The average Bonchev–Trinajstić information content (AvgIpc) is 3.16. The fourth-order valence-corrected chi connectivity index (χ4v) is 4.13. The molecule has 1 aliphatic heterocycles. The van der Waals surface area contributed by atoms with Gasteiger partial charge in [0.05, 0.1) is 26.1 Å². The van der Waals surface area contributed by atoms with E-state index >= 15 is 0 Å². The van der Waals surface area contributed by atoms with Crippen LogP contribution in [-0.4, -0.2) is 51.6 Å². The number of methoxy groups -OCH3 is 1. The largest absolute Gasteiger partial charge is 0.497 e. The number of aromatic nitrogens is 4. The normalized spacial score (nSPS) is 15.7. The van der Waals surface area contributed by atoms with Crippen molar-refractivity contribution < 1.29 is 4.74 Å². The van der Waals surface area contributed by atoms with Gasteiger partial charge in [-0.2, -0.15) is 0 Å². The van der Waals surface area contributed by atoms with Crippen LogP contribution in [0.5, 0.6) is 5.75 Å². The first-order valence-corrected chi connectivity index (χ1v) is 9.85. The highest BCUT2D eigenvalue weighted by molar-refractivity contribution is 6.33. The Hall–Kier alpha value is -2.89. The highest BCUT2D eigenvalue weighted by atomic mass is 35.5. The van der Waals surface area contributed by atoms with Gasteiger partial charge in [-0.3, -0.25) is 0 Å². The Morgan fingerprint density at radius 1 is 1.41 bits per heavy atom. The molecule has 8 nitrogen and oxygen atoms in total. The van der Waals surface area contributed by atoms with Crippen LogP contribution >= 0.6 is 11.6 Å². The van der Waals surface area contributed by atoms with Crippen LogP contribution in [0.2, 0.25) is 5.02 Å². The molecule has 2 N–H and O–H groups in total. The number of benzene rings is 1. The third-order valence-electron chi connectivity index (χ3n) is 5.44. The number of ether oxygens (including phenoxy) is 1. The first kappa shape index (κ1) is 19.4. The van der Waals surface area contributed by atoms with E-state index in [9.17, 15) is 0 Å². The van der Waals surface area contributed by atoms with Crippen LogP contribution in [0.1, 0.15) is 36.9 Å². The Morgan fingerprint density at radius 3 is 2.90 bits per heavy atom. The summed E-state index contributed by atoms with van der Waals surface area (Å²) in [5.74, 6) is 1.60. The Balaban J connectivity index is 1.74. The molecule has 1 aromatic carbocycles. The number of nitrogens with one attached hydrogen (secondary N) is 2. The van der Waals surface area contributed by atoms with Gasteiger partial charge >= 0.3 is 0 Å². The second-order valence-corrected chi connectivity index (χ2v) is 7.50. The predicted octanol–water partition coefficient (Wildman–Crippen LogP) is 4.16. The highest BCUT2D eigenvalue weighted by Gasteiger charge is 2.34. The van der Waals surface area contributed by atoms with Gasteiger partial charge in [-0.15, -0.1) is 0 Å². The molecule has 3 aromatic rings. The Kier molecular flexibility index (Phi) is 5.26. The molecule has 1 fully saturated rings. The molecule has 1 aliphatic rings. The summed E-state index contributed by atoms with van der Waals surface area (Å²) < 4.78 is 5.82. The zero-order valence-corrected chi connectivity index (χ0v) is 17.3. The van der Waals surface area contributed by atoms with E-state index in [1.165, 1.54) is 6.33 Å². The number of anilines is 1. The molecular weight excluding hydrogens is 390 g/mol. The molecule has 3 heterocycles. The van der Waals surface area contributed by atoms with E-state index in [4.69, 9.17) is 22.9 Å². The van der Waals surface area contributed by atoms with Gasteiger partial charge in [-0.05, 0) is 19.5 Å². The van der Waals surface area contributed by atoms with Crippen LogP contribution in [-0.2, 0) is 0 Å². The van der Waals surface area contributed by atoms with E-state index in [1.807, 2.05) is 13.0 Å². The zero-order chi connectivity index (χ0) is 20.5. The van der Waals surface area contributed by atoms with E-state index in [0.29, 0.717) is 22.2 Å². The molecule has 150 valence electrons. The topological polar surface area (TPSA) is 83.3 Å². The summed E-state index contributed by atoms with van der Waals surface area (Å²) in [5.41, 5.74) is 3.61. The van der Waals surface area contributed by atoms with Gasteiger partial charge in [-0.25, -0.2) is 19.8 Å². The van der Waals surface area contributed by atoms with Crippen LogP contribution in [0.3, 0.4) is 0 Å². The third kappa shape index (κ3) is 3.37. The summed E-state index contributed by atoms with van der Waals surface area (Å²) in [6, 6.07) is 1.65. The van der Waals surface area contributed by atoms with E-state index in [1.54, 1.807) is 13.4 Å². The monoisotopic (exact) mass is 411 g/mol. The number of hydrogen-bond donors (Lipinski definition) is 2. The fourth-order valence-electron chi connectivity index (χ4n) is 3.87. The van der Waals surface area contributed by atoms with Crippen LogP contribution < -0.4 is 10.1 Å². The average molecular weight is 412 g/mol. The van der Waals surface area contributed by atoms with E-state index in [-0.39, 0.29) is 12.0 Å². The zero-order valence-electron chi connectivity index (χ0n) is 16.5. The number of halogens is 1. The van der Waals surface area contributed by atoms with E-state index < -0.39 is 0 Å². The number of nitrogens with zero attached hydrogens (tertiary/aromatic N) is 5. The lowest BCUT2D eigenvalue weighted by atomic mass is 9.87. The van der Waals surface area contributed by atoms with Crippen molar-refractivity contribution in [3.8, 4) is 5.75 Å². The number of hydrogen-bond acceptors (Lipinski definition) is 6. The van der Waals surface area contributed by atoms with Crippen LogP contribution in [0.4, 0.5) is 11.5 Å². The van der Waals surface area contributed by atoms with Gasteiger partial charge in [0.1, 0.15) is 17.6 Å². The lowest BCUT2D eigenvalue weighted by Gasteiger charge is -2.40. The molecule has 0 saturated carbocycles. The van der Waals surface area contributed by atoms with Crippen LogP contribution in [0, 0.1) is 6.57 Å². The number of imidazole rings is 1. The summed E-state index contributed by atoms with van der Waals surface area (Å²) in [4.78, 5) is 21.8. The molecular formula is C20H22ClN7O. The van der Waals surface area contributed by atoms with Gasteiger partial charge < -0.3 is 19.9 Å². The smallest absolute Gasteiger partial charge is 0.212 e. The number of aromatic amines is 1. The SMILES string of the molecule is [C-]#[N+]c1c(Cl)cc(C(C)Nc2ncnc3nc[nH]c23)c(OC)c1C1CN(CC)C1. The molecule has 1 saturated heterocycles. The van der Waals surface area contributed by atoms with E-state index in [0.717, 1.165) is 42.0 Å². The van der Waals surface area contributed by atoms with Crippen molar-refractivity contribution in [1.82, 2.24) is 24.8 Å². The summed E-state index contributed by atoms with van der Waals surface area (Å²) >= 11 is 6.53. The Labute approximate surface area is 174 Å². The predicted molar refractivity (Wildman–Crippen MR) is 113 cm³/mol. The first-order valence-electron chi connectivity index (χ1n) is 9.48. The molecule has 29 heavy (non-hydrogen) atoms. The molecule has 4 rings (SSSR count). The second-order valence-electron chi connectivity index (χ2n) is 7.09. The van der Waals surface area contributed by atoms with Crippen molar-refractivity contribution in [1.29, 1.82) is 0 Å². The standard InChI is InChI=1S/C20H22ClN7O/c1-5-28-7-12(8-28)15-16(22-3)14(21)6-13(18(15)29-4)11(2)27-20-17-19(24-9-23-17)25-10-26-20/h6,9-12H,5,7-8H2,1-2,4H3,(H2,23,24,25,26,27). The maximum atomic E-state index is 7.64. The maximum Gasteiger partial charge on any atom is 0.212 e. The van der Waals surface area contributed by atoms with Crippen molar-refractivity contribution >= 4 is 34.3 Å². The van der Waals surface area contributed by atoms with Gasteiger partial charge in [0.25, 0.3) is 0 Å². The quantitative estimate of drug-likeness (QED) is 0.592. The minimum atomic E-state index is -0.162. The van der Waals surface area contributed by atoms with Crippen molar-refractivity contribution in [2.45, 2.75) is 25.8 Å². The van der Waals surface area contributed by atoms with Gasteiger partial charge in [0.15, 0.2) is 11.5 Å². The third-order valence-corrected chi connectivity index (χ3v) is 5.73. The van der Waals surface area contributed by atoms with Gasteiger partial charge in [-0.1, -0.05) is 18.5 Å². The molecule has 0 radical (unpaired) electrons. The van der Waals surface area contributed by atoms with Crippen molar-refractivity contribution in [2.24, 2.45) is 0 Å². The second kappa shape index (κ2) is 7.85. The molecule has 0 bridgehead atoms. The summed E-state index contributed by atoms with van der Waals surface area (Å²) in [5, 5.41) is 3.85. The fraction of sp³-hybridized carbons (Fsp3) is 0.400. The molecule has 0 spiro atoms. The number of likely N-dealkylation sites (N-methyl/N-ethyl adjacent to an activating group) is 1. The van der Waals surface area contributed by atoms with Crippen LogP contribution in [0.15, 0.2) is 18.7 Å². The van der Waals surface area contributed by atoms with Crippen molar-refractivity contribution in [2.75, 3.05) is 32.1 Å². The Morgan fingerprint density at radius 2 is 2.21 bits per heavy atom. The number of fused-ring (bicyclic) bond motifs is 1. The lowest BCUT2D eigenvalue weighted by Crippen LogP contribution is -2.44. The van der Waals surface area contributed by atoms with Crippen LogP contribution in [0.25, 0.3) is 16.0 Å². The minimum Gasteiger partial charge on any atom is -0.497 e. The molecule has 2 aromatic heterocycles. The lowest BCUT2D eigenvalue weighted by molar-refractivity contribution is 0.155. The molecule has 1 atom stereocenters. The maximum absolute atomic E-state index is 7.64. The minimum absolute atomic E-state index is 0.162. The Bertz CT molecular complexity index is 1080. The highest BCUT2D eigenvalue weighted by Crippen LogP contribution is 2.47. The van der Waals surface area contributed by atoms with Crippen molar-refractivity contribution in [3.05, 3.63) is 46.3 Å². The number of likely N-dealkylation sites (tertiary alicyclic amines) is 1. The van der Waals surface area contributed by atoms with E-state index in [2.05, 4.69) is 41.9 Å². The number of H-pyrrole nitrogens is 1. The summed E-state index contributed by atoms with van der Waals surface area (Å²) in [7, 11) is 1.64. The van der Waals surface area contributed by atoms with Gasteiger partial charge in [0.2, 0.25) is 5.69 Å². The summed E-state index contributed by atoms with van der Waals surface area (Å²) in [6.45, 7) is 14.6. The first-order chi connectivity index (χ1) is 14.1. The molecule has 1 unspecified atom stereocenters. The molecule has 0 amide bonds.